The third kappa shape index (κ3) is 2.63. The molecule has 4 rings (SSSR count). The van der Waals surface area contributed by atoms with Crippen LogP contribution in [0, 0.1) is 6.92 Å². The molecular weight excluding hydrogens is 312 g/mol. The fourth-order valence-electron chi connectivity index (χ4n) is 4.10. The van der Waals surface area contributed by atoms with E-state index in [1.54, 1.807) is 0 Å². The van der Waals surface area contributed by atoms with Gasteiger partial charge in [0.1, 0.15) is 0 Å². The van der Waals surface area contributed by atoms with Crippen LogP contribution in [-0.4, -0.2) is 0 Å². The Balaban J connectivity index is 2.22. The van der Waals surface area contributed by atoms with Gasteiger partial charge in [-0.05, 0) is 75.0 Å². The highest BCUT2D eigenvalue weighted by molar-refractivity contribution is 6.01. The minimum Gasteiger partial charge on any atom is -0.0795 e. The maximum absolute atomic E-state index is 2.37. The van der Waals surface area contributed by atoms with Gasteiger partial charge in [-0.15, -0.1) is 0 Å². The summed E-state index contributed by atoms with van der Waals surface area (Å²) in [5, 5.41) is 7.98. The zero-order chi connectivity index (χ0) is 18.1. The Bertz CT molecular complexity index is 1230. The topological polar surface area (TPSA) is 0 Å². The maximum atomic E-state index is 2.37. The zero-order valence-corrected chi connectivity index (χ0v) is 15.7. The van der Waals surface area contributed by atoms with Crippen LogP contribution in [0.1, 0.15) is 25.8 Å². The monoisotopic (exact) mass is 336 g/mol. The molecule has 26 heavy (non-hydrogen) atoms. The van der Waals surface area contributed by atoms with Crippen LogP contribution in [0.15, 0.2) is 66.7 Å². The molecule has 0 radical (unpaired) electrons. The van der Waals surface area contributed by atoms with Gasteiger partial charge in [0.25, 0.3) is 0 Å². The standard InChI is InChI=1S/C26H24/c1-4-10-24-22(5-2)18(3)23-13-8-9-14-25(23)26(24)21-16-15-19-11-6-7-12-20(19)17-21/h5-17H,4H2,1-3H3/b22-5-,24-10+. The van der Waals surface area contributed by atoms with Crippen LogP contribution in [0.3, 0.4) is 0 Å². The molecule has 0 aliphatic rings. The third-order valence-electron chi connectivity index (χ3n) is 5.30. The largest absolute Gasteiger partial charge is 0.0795 e. The van der Waals surface area contributed by atoms with Gasteiger partial charge in [0.05, 0.1) is 0 Å². The number of hydrogen-bond acceptors (Lipinski definition) is 0. The van der Waals surface area contributed by atoms with Gasteiger partial charge < -0.3 is 0 Å². The van der Waals surface area contributed by atoms with Gasteiger partial charge in [-0.3, -0.25) is 0 Å². The lowest BCUT2D eigenvalue weighted by Gasteiger charge is -2.14. The summed E-state index contributed by atoms with van der Waals surface area (Å²) in [4.78, 5) is 0. The van der Waals surface area contributed by atoms with Crippen molar-refractivity contribution < 1.29 is 0 Å². The van der Waals surface area contributed by atoms with E-state index in [-0.39, 0.29) is 0 Å². The maximum Gasteiger partial charge on any atom is -0.00297 e. The minimum atomic E-state index is 1.03. The summed E-state index contributed by atoms with van der Waals surface area (Å²) >= 11 is 0. The number of benzene rings is 4. The Hall–Kier alpha value is -2.86. The Morgan fingerprint density at radius 2 is 1.46 bits per heavy atom. The number of fused-ring (bicyclic) bond motifs is 2. The molecule has 0 aliphatic heterocycles. The molecule has 128 valence electrons. The van der Waals surface area contributed by atoms with E-state index in [9.17, 15) is 0 Å². The van der Waals surface area contributed by atoms with Crippen molar-refractivity contribution in [1.82, 2.24) is 0 Å². The van der Waals surface area contributed by atoms with Crippen molar-refractivity contribution >= 4 is 33.7 Å². The molecule has 0 spiro atoms. The Morgan fingerprint density at radius 3 is 2.19 bits per heavy atom. The third-order valence-corrected chi connectivity index (χ3v) is 5.30. The zero-order valence-electron chi connectivity index (χ0n) is 15.7. The Kier molecular flexibility index (Phi) is 4.34. The second-order valence-electron chi connectivity index (χ2n) is 6.84. The van der Waals surface area contributed by atoms with Crippen LogP contribution < -0.4 is 10.4 Å². The SMILES string of the molecule is C/C=c1/c(C)c2ccccc2c(-c2ccc3ccccc3c2)/c1=C/CC. The van der Waals surface area contributed by atoms with Gasteiger partial charge in [-0.25, -0.2) is 0 Å². The first kappa shape index (κ1) is 16.6. The summed E-state index contributed by atoms with van der Waals surface area (Å²) in [5.41, 5.74) is 4.02. The Labute approximate surface area is 155 Å². The molecule has 0 heteroatoms. The van der Waals surface area contributed by atoms with Gasteiger partial charge in [-0.2, -0.15) is 0 Å². The van der Waals surface area contributed by atoms with Crippen molar-refractivity contribution in [3.63, 3.8) is 0 Å². The summed E-state index contributed by atoms with van der Waals surface area (Å²) < 4.78 is 0. The summed E-state index contributed by atoms with van der Waals surface area (Å²) in [6.07, 6.45) is 5.66. The Morgan fingerprint density at radius 1 is 0.769 bits per heavy atom. The molecule has 0 bridgehead atoms. The van der Waals surface area contributed by atoms with Crippen LogP contribution in [0.4, 0.5) is 0 Å². The highest BCUT2D eigenvalue weighted by atomic mass is 14.1. The summed E-state index contributed by atoms with van der Waals surface area (Å²) in [6.45, 7) is 6.61. The lowest BCUT2D eigenvalue weighted by atomic mass is 9.90. The summed E-state index contributed by atoms with van der Waals surface area (Å²) in [6, 6.07) is 24.2. The molecule has 0 N–H and O–H groups in total. The van der Waals surface area contributed by atoms with Gasteiger partial charge in [0.15, 0.2) is 0 Å². The lowest BCUT2D eigenvalue weighted by molar-refractivity contribution is 1.27. The predicted octanol–water partition coefficient (Wildman–Crippen LogP) is 5.96. The number of rotatable bonds is 2. The van der Waals surface area contributed by atoms with Crippen molar-refractivity contribution in [1.29, 1.82) is 0 Å². The summed E-state index contributed by atoms with van der Waals surface area (Å²) in [5.74, 6) is 0. The average molecular weight is 336 g/mol. The first-order valence-corrected chi connectivity index (χ1v) is 9.41. The number of hydrogen-bond donors (Lipinski definition) is 0. The normalized spacial score (nSPS) is 13.0. The number of aryl methyl sites for hydroxylation is 1. The predicted molar refractivity (Wildman–Crippen MR) is 116 cm³/mol. The molecule has 4 aromatic rings. The molecule has 0 amide bonds. The van der Waals surface area contributed by atoms with Crippen LogP contribution in [-0.2, 0) is 0 Å². The van der Waals surface area contributed by atoms with Crippen LogP contribution >= 0.6 is 0 Å². The van der Waals surface area contributed by atoms with Gasteiger partial charge in [0.2, 0.25) is 0 Å². The van der Waals surface area contributed by atoms with E-state index in [0.29, 0.717) is 0 Å². The lowest BCUT2D eigenvalue weighted by Crippen LogP contribution is -2.30. The van der Waals surface area contributed by atoms with Crippen LogP contribution in [0.5, 0.6) is 0 Å². The molecule has 4 aromatic carbocycles. The summed E-state index contributed by atoms with van der Waals surface area (Å²) in [7, 11) is 0. The second kappa shape index (κ2) is 6.80. The van der Waals surface area contributed by atoms with Gasteiger partial charge in [0, 0.05) is 0 Å². The quantitative estimate of drug-likeness (QED) is 0.424. The smallest absolute Gasteiger partial charge is 0.00297 e. The average Bonchev–Trinajstić information content (AvgIpc) is 2.68. The van der Waals surface area contributed by atoms with Gasteiger partial charge >= 0.3 is 0 Å². The molecule has 0 saturated heterocycles. The van der Waals surface area contributed by atoms with Crippen LogP contribution in [0.2, 0.25) is 0 Å². The molecule has 0 aliphatic carbocycles. The molecule has 0 atom stereocenters. The molecule has 0 saturated carbocycles. The van der Waals surface area contributed by atoms with Crippen molar-refractivity contribution in [2.24, 2.45) is 0 Å². The molecule has 0 unspecified atom stereocenters. The van der Waals surface area contributed by atoms with E-state index in [1.165, 1.54) is 48.7 Å². The van der Waals surface area contributed by atoms with Crippen molar-refractivity contribution in [3.05, 3.63) is 82.7 Å². The fourth-order valence-corrected chi connectivity index (χ4v) is 4.10. The fraction of sp³-hybridized carbons (Fsp3) is 0.154. The van der Waals surface area contributed by atoms with E-state index in [4.69, 9.17) is 0 Å². The van der Waals surface area contributed by atoms with E-state index >= 15 is 0 Å². The van der Waals surface area contributed by atoms with Gasteiger partial charge in [-0.1, -0.05) is 79.7 Å². The molecular formula is C26H24. The first-order valence-electron chi connectivity index (χ1n) is 9.41. The van der Waals surface area contributed by atoms with Crippen LogP contribution in [0.25, 0.3) is 44.8 Å². The minimum absolute atomic E-state index is 1.03. The second-order valence-corrected chi connectivity index (χ2v) is 6.84. The van der Waals surface area contributed by atoms with Crippen molar-refractivity contribution in [3.8, 4) is 11.1 Å². The molecule has 0 fully saturated rings. The van der Waals surface area contributed by atoms with Crippen molar-refractivity contribution in [2.45, 2.75) is 27.2 Å². The van der Waals surface area contributed by atoms with Crippen molar-refractivity contribution in [2.75, 3.05) is 0 Å². The van der Waals surface area contributed by atoms with E-state index in [1.807, 2.05) is 0 Å². The first-order chi connectivity index (χ1) is 12.7. The highest BCUT2D eigenvalue weighted by Gasteiger charge is 2.11. The van der Waals surface area contributed by atoms with E-state index in [2.05, 4.69) is 99.7 Å². The van der Waals surface area contributed by atoms with E-state index < -0.39 is 0 Å². The molecule has 0 nitrogen and oxygen atoms in total. The molecule has 0 heterocycles. The highest BCUT2D eigenvalue weighted by Crippen LogP contribution is 2.29. The van der Waals surface area contributed by atoms with E-state index in [0.717, 1.165) is 6.42 Å². The molecule has 0 aromatic heterocycles.